The molecule has 0 aliphatic rings. The van der Waals surface area contributed by atoms with E-state index in [1.807, 2.05) is 25.3 Å². The molecule has 0 aliphatic heterocycles. The van der Waals surface area contributed by atoms with Gasteiger partial charge in [0.15, 0.2) is 6.29 Å². The summed E-state index contributed by atoms with van der Waals surface area (Å²) in [5, 5.41) is 6.12. The number of thiophene rings is 1. The molecule has 1 N–H and O–H groups in total. The summed E-state index contributed by atoms with van der Waals surface area (Å²) in [6.07, 6.45) is -0.291. The first-order chi connectivity index (χ1) is 8.24. The van der Waals surface area contributed by atoms with Crippen LogP contribution in [0.1, 0.15) is 31.7 Å². The first-order valence-electron chi connectivity index (χ1n) is 5.94. The molecule has 98 valence electrons. The van der Waals surface area contributed by atoms with Crippen LogP contribution in [-0.4, -0.2) is 26.0 Å². The zero-order chi connectivity index (χ0) is 12.7. The van der Waals surface area contributed by atoms with Gasteiger partial charge in [-0.1, -0.05) is 18.5 Å². The molecular weight excluding hydrogens is 258 g/mol. The third-order valence-corrected chi connectivity index (χ3v) is 3.73. The monoisotopic (exact) mass is 277 g/mol. The topological polar surface area (TPSA) is 30.5 Å². The minimum atomic E-state index is -0.291. The van der Waals surface area contributed by atoms with Crippen molar-refractivity contribution in [2.24, 2.45) is 0 Å². The van der Waals surface area contributed by atoms with Crippen molar-refractivity contribution < 1.29 is 9.47 Å². The van der Waals surface area contributed by atoms with Gasteiger partial charge in [0.2, 0.25) is 0 Å². The lowest BCUT2D eigenvalue weighted by Crippen LogP contribution is -2.35. The highest BCUT2D eigenvalue weighted by atomic mass is 35.5. The van der Waals surface area contributed by atoms with Crippen LogP contribution in [0, 0.1) is 0 Å². The first kappa shape index (κ1) is 14.9. The lowest BCUT2D eigenvalue weighted by Gasteiger charge is -2.26. The Morgan fingerprint density at radius 2 is 1.94 bits per heavy atom. The smallest absolute Gasteiger partial charge is 0.177 e. The van der Waals surface area contributed by atoms with Gasteiger partial charge in [0.1, 0.15) is 0 Å². The Morgan fingerprint density at radius 3 is 2.35 bits per heavy atom. The molecule has 0 fully saturated rings. The van der Waals surface area contributed by atoms with Crippen LogP contribution in [0.2, 0.25) is 5.02 Å². The molecule has 0 saturated carbocycles. The van der Waals surface area contributed by atoms with Crippen LogP contribution in [-0.2, 0) is 9.47 Å². The van der Waals surface area contributed by atoms with Gasteiger partial charge in [-0.25, -0.2) is 0 Å². The minimum absolute atomic E-state index is 0.00704. The highest BCUT2D eigenvalue weighted by Gasteiger charge is 2.26. The van der Waals surface area contributed by atoms with E-state index in [4.69, 9.17) is 21.1 Å². The van der Waals surface area contributed by atoms with Crippen LogP contribution in [0.4, 0.5) is 0 Å². The van der Waals surface area contributed by atoms with Crippen molar-refractivity contribution in [2.75, 3.05) is 19.8 Å². The lowest BCUT2D eigenvalue weighted by atomic mass is 10.2. The second-order valence-corrected chi connectivity index (χ2v) is 4.80. The molecule has 17 heavy (non-hydrogen) atoms. The third kappa shape index (κ3) is 4.23. The van der Waals surface area contributed by atoms with E-state index in [9.17, 15) is 0 Å². The SMILES string of the molecule is CCNC(c1sccc1Cl)C(OCC)OCC. The van der Waals surface area contributed by atoms with Crippen molar-refractivity contribution in [3.05, 3.63) is 21.3 Å². The van der Waals surface area contributed by atoms with E-state index >= 15 is 0 Å². The average molecular weight is 278 g/mol. The maximum absolute atomic E-state index is 6.17. The van der Waals surface area contributed by atoms with Crippen LogP contribution >= 0.6 is 22.9 Å². The van der Waals surface area contributed by atoms with Crippen molar-refractivity contribution in [2.45, 2.75) is 33.1 Å². The zero-order valence-electron chi connectivity index (χ0n) is 10.5. The number of rotatable bonds is 8. The van der Waals surface area contributed by atoms with Crippen molar-refractivity contribution in [3.8, 4) is 0 Å². The molecule has 3 nitrogen and oxygen atoms in total. The number of halogens is 1. The van der Waals surface area contributed by atoms with Crippen molar-refractivity contribution in [3.63, 3.8) is 0 Å². The van der Waals surface area contributed by atoms with E-state index in [1.165, 1.54) is 0 Å². The van der Waals surface area contributed by atoms with Crippen molar-refractivity contribution in [1.29, 1.82) is 0 Å². The molecular formula is C12H20ClNO2S. The fraction of sp³-hybridized carbons (Fsp3) is 0.667. The average Bonchev–Trinajstić information content (AvgIpc) is 2.72. The number of ether oxygens (including phenoxy) is 2. The van der Waals surface area contributed by atoms with E-state index in [0.29, 0.717) is 13.2 Å². The van der Waals surface area contributed by atoms with Gasteiger partial charge in [-0.2, -0.15) is 0 Å². The van der Waals surface area contributed by atoms with Gasteiger partial charge in [0.05, 0.1) is 11.1 Å². The van der Waals surface area contributed by atoms with E-state index in [-0.39, 0.29) is 12.3 Å². The van der Waals surface area contributed by atoms with E-state index < -0.39 is 0 Å². The lowest BCUT2D eigenvalue weighted by molar-refractivity contribution is -0.154. The summed E-state index contributed by atoms with van der Waals surface area (Å²) < 4.78 is 11.3. The quantitative estimate of drug-likeness (QED) is 0.738. The minimum Gasteiger partial charge on any atom is -0.351 e. The highest BCUT2D eigenvalue weighted by Crippen LogP contribution is 2.32. The van der Waals surface area contributed by atoms with Crippen molar-refractivity contribution in [1.82, 2.24) is 5.32 Å². The Kier molecular flexibility index (Phi) is 7.08. The molecule has 0 bridgehead atoms. The zero-order valence-corrected chi connectivity index (χ0v) is 12.1. The molecule has 1 aromatic heterocycles. The second-order valence-electron chi connectivity index (χ2n) is 3.45. The van der Waals surface area contributed by atoms with Crippen molar-refractivity contribution >= 4 is 22.9 Å². The summed E-state index contributed by atoms with van der Waals surface area (Å²) in [6.45, 7) is 8.07. The largest absolute Gasteiger partial charge is 0.351 e. The molecule has 0 radical (unpaired) electrons. The summed E-state index contributed by atoms with van der Waals surface area (Å²) >= 11 is 7.80. The molecule has 1 aromatic rings. The summed E-state index contributed by atoms with van der Waals surface area (Å²) in [7, 11) is 0. The number of hydrogen-bond acceptors (Lipinski definition) is 4. The number of nitrogens with one attached hydrogen (secondary N) is 1. The number of likely N-dealkylation sites (N-methyl/N-ethyl adjacent to an activating group) is 1. The second kappa shape index (κ2) is 8.06. The predicted molar refractivity (Wildman–Crippen MR) is 72.8 cm³/mol. The van der Waals surface area contributed by atoms with Gasteiger partial charge in [-0.05, 0) is 31.8 Å². The van der Waals surface area contributed by atoms with Crippen LogP contribution < -0.4 is 5.32 Å². The van der Waals surface area contributed by atoms with Gasteiger partial charge < -0.3 is 14.8 Å². The molecule has 0 amide bonds. The third-order valence-electron chi connectivity index (χ3n) is 2.29. The molecule has 0 spiro atoms. The van der Waals surface area contributed by atoms with Crippen LogP contribution in [0.3, 0.4) is 0 Å². The van der Waals surface area contributed by atoms with E-state index in [0.717, 1.165) is 16.4 Å². The Labute approximate surface area is 112 Å². The molecule has 1 unspecified atom stereocenters. The van der Waals surface area contributed by atoms with Crippen LogP contribution in [0.5, 0.6) is 0 Å². The Balaban J connectivity index is 2.85. The van der Waals surface area contributed by atoms with Gasteiger partial charge in [0.25, 0.3) is 0 Å². The summed E-state index contributed by atoms with van der Waals surface area (Å²) in [6, 6.07) is 1.90. The molecule has 0 aliphatic carbocycles. The Morgan fingerprint density at radius 1 is 1.29 bits per heavy atom. The maximum atomic E-state index is 6.17. The maximum Gasteiger partial charge on any atom is 0.177 e. The molecule has 0 aromatic carbocycles. The van der Waals surface area contributed by atoms with E-state index in [2.05, 4.69) is 12.2 Å². The van der Waals surface area contributed by atoms with Gasteiger partial charge >= 0.3 is 0 Å². The van der Waals surface area contributed by atoms with E-state index in [1.54, 1.807) is 11.3 Å². The summed E-state index contributed by atoms with van der Waals surface area (Å²) in [5.41, 5.74) is 0. The highest BCUT2D eigenvalue weighted by molar-refractivity contribution is 7.10. The van der Waals surface area contributed by atoms with Crippen LogP contribution in [0.25, 0.3) is 0 Å². The van der Waals surface area contributed by atoms with Gasteiger partial charge in [0, 0.05) is 18.1 Å². The predicted octanol–water partition coefficient (Wildman–Crippen LogP) is 3.45. The van der Waals surface area contributed by atoms with Crippen LogP contribution in [0.15, 0.2) is 11.4 Å². The Hall–Kier alpha value is -0.130. The molecule has 1 heterocycles. The fourth-order valence-electron chi connectivity index (χ4n) is 1.63. The van der Waals surface area contributed by atoms with Gasteiger partial charge in [-0.3, -0.25) is 0 Å². The molecule has 0 saturated heterocycles. The number of hydrogen-bond donors (Lipinski definition) is 1. The molecule has 1 atom stereocenters. The summed E-state index contributed by atoms with van der Waals surface area (Å²) in [4.78, 5) is 1.07. The molecule has 5 heteroatoms. The fourth-order valence-corrected chi connectivity index (χ4v) is 2.89. The normalized spacial score (nSPS) is 13.2. The Bertz CT molecular complexity index is 313. The summed E-state index contributed by atoms with van der Waals surface area (Å²) in [5.74, 6) is 0. The first-order valence-corrected chi connectivity index (χ1v) is 7.19. The molecule has 1 rings (SSSR count). The van der Waals surface area contributed by atoms with Gasteiger partial charge in [-0.15, -0.1) is 11.3 Å². The standard InChI is InChI=1S/C12H20ClNO2S/c1-4-14-10(11-9(13)7-8-17-11)12(15-5-2)16-6-3/h7-8,10,12,14H,4-6H2,1-3H3.